The van der Waals surface area contributed by atoms with Crippen molar-refractivity contribution in [3.05, 3.63) is 78.1 Å². The summed E-state index contributed by atoms with van der Waals surface area (Å²) in [5.41, 5.74) is 1.94. The molecule has 6 nitrogen and oxygen atoms in total. The molecule has 2 heterocycles. The summed E-state index contributed by atoms with van der Waals surface area (Å²) in [6.45, 7) is 1.85. The van der Waals surface area contributed by atoms with Crippen molar-refractivity contribution in [3.63, 3.8) is 0 Å². The van der Waals surface area contributed by atoms with Crippen LogP contribution in [0.4, 0.5) is 9.18 Å². The molecular weight excluding hydrogens is 369 g/mol. The lowest BCUT2D eigenvalue weighted by molar-refractivity contribution is 0.169. The van der Waals surface area contributed by atoms with Crippen molar-refractivity contribution in [2.24, 2.45) is 5.92 Å². The standard InChI is InChI=1S/C22H24FN5O/c23-19-8-6-18(7-9-19)15-24-22(29)27-12-10-17(11-13-27)14-21-26-25-16-28(21)20-4-2-1-3-5-20/h1-9,16-17H,10-15H2,(H,24,29). The molecule has 150 valence electrons. The fraction of sp³-hybridized carbons (Fsp3) is 0.318. The summed E-state index contributed by atoms with van der Waals surface area (Å²) in [4.78, 5) is 14.3. The van der Waals surface area contributed by atoms with E-state index in [1.807, 2.05) is 39.8 Å². The average Bonchev–Trinajstić information content (AvgIpc) is 3.22. The van der Waals surface area contributed by atoms with Gasteiger partial charge in [-0.05, 0) is 48.6 Å². The van der Waals surface area contributed by atoms with Gasteiger partial charge in [-0.1, -0.05) is 30.3 Å². The molecule has 0 aliphatic carbocycles. The van der Waals surface area contributed by atoms with Gasteiger partial charge in [-0.25, -0.2) is 9.18 Å². The minimum absolute atomic E-state index is 0.0692. The van der Waals surface area contributed by atoms with Crippen LogP contribution in [0.1, 0.15) is 24.2 Å². The molecular formula is C22H24FN5O. The summed E-state index contributed by atoms with van der Waals surface area (Å²) in [5, 5.41) is 11.3. The van der Waals surface area contributed by atoms with Crippen LogP contribution in [0.15, 0.2) is 60.9 Å². The zero-order valence-corrected chi connectivity index (χ0v) is 16.2. The molecule has 0 saturated carbocycles. The van der Waals surface area contributed by atoms with Gasteiger partial charge in [0.25, 0.3) is 0 Å². The van der Waals surface area contributed by atoms with E-state index in [1.54, 1.807) is 18.5 Å². The number of aromatic nitrogens is 3. The number of carbonyl (C=O) groups is 1. The van der Waals surface area contributed by atoms with Gasteiger partial charge in [0, 0.05) is 31.7 Å². The van der Waals surface area contributed by atoms with Crippen molar-refractivity contribution < 1.29 is 9.18 Å². The van der Waals surface area contributed by atoms with Gasteiger partial charge in [-0.2, -0.15) is 0 Å². The Labute approximate surface area is 169 Å². The van der Waals surface area contributed by atoms with Gasteiger partial charge >= 0.3 is 6.03 Å². The van der Waals surface area contributed by atoms with Crippen molar-refractivity contribution in [1.82, 2.24) is 25.0 Å². The zero-order chi connectivity index (χ0) is 20.1. The third-order valence-corrected chi connectivity index (χ3v) is 5.38. The Morgan fingerprint density at radius 2 is 1.79 bits per heavy atom. The van der Waals surface area contributed by atoms with Crippen LogP contribution in [0.2, 0.25) is 0 Å². The lowest BCUT2D eigenvalue weighted by Gasteiger charge is -2.32. The van der Waals surface area contributed by atoms with Crippen molar-refractivity contribution in [1.29, 1.82) is 0 Å². The number of amides is 2. The van der Waals surface area contributed by atoms with Gasteiger partial charge in [-0.15, -0.1) is 10.2 Å². The number of halogens is 1. The molecule has 4 rings (SSSR count). The van der Waals surface area contributed by atoms with Crippen LogP contribution in [-0.4, -0.2) is 38.8 Å². The smallest absolute Gasteiger partial charge is 0.317 e. The highest BCUT2D eigenvalue weighted by Crippen LogP contribution is 2.22. The molecule has 0 radical (unpaired) electrons. The number of hydrogen-bond acceptors (Lipinski definition) is 3. The molecule has 29 heavy (non-hydrogen) atoms. The van der Waals surface area contributed by atoms with E-state index in [9.17, 15) is 9.18 Å². The Bertz CT molecular complexity index is 933. The maximum absolute atomic E-state index is 13.0. The first-order valence-corrected chi connectivity index (χ1v) is 9.90. The number of hydrogen-bond donors (Lipinski definition) is 1. The molecule has 1 aliphatic rings. The van der Waals surface area contributed by atoms with E-state index in [-0.39, 0.29) is 11.8 Å². The van der Waals surface area contributed by atoms with Crippen LogP contribution in [0.25, 0.3) is 5.69 Å². The Morgan fingerprint density at radius 3 is 2.52 bits per heavy atom. The third kappa shape index (κ3) is 4.80. The van der Waals surface area contributed by atoms with E-state index in [0.29, 0.717) is 12.5 Å². The Morgan fingerprint density at radius 1 is 1.07 bits per heavy atom. The maximum Gasteiger partial charge on any atom is 0.317 e. The molecule has 3 aromatic rings. The molecule has 0 bridgehead atoms. The maximum atomic E-state index is 13.0. The van der Waals surface area contributed by atoms with Crippen molar-refractivity contribution in [2.75, 3.05) is 13.1 Å². The summed E-state index contributed by atoms with van der Waals surface area (Å²) in [5.74, 6) is 1.16. The summed E-state index contributed by atoms with van der Waals surface area (Å²) in [6, 6.07) is 16.2. The van der Waals surface area contributed by atoms with Crippen molar-refractivity contribution in [2.45, 2.75) is 25.8 Å². The zero-order valence-electron chi connectivity index (χ0n) is 16.2. The third-order valence-electron chi connectivity index (χ3n) is 5.38. The molecule has 1 saturated heterocycles. The summed E-state index contributed by atoms with van der Waals surface area (Å²) in [7, 11) is 0. The van der Waals surface area contributed by atoms with Gasteiger partial charge in [0.15, 0.2) is 0 Å². The van der Waals surface area contributed by atoms with Crippen LogP contribution < -0.4 is 5.32 Å². The van der Waals surface area contributed by atoms with E-state index in [0.717, 1.165) is 49.4 Å². The molecule has 2 amide bonds. The van der Waals surface area contributed by atoms with Crippen LogP contribution in [0, 0.1) is 11.7 Å². The molecule has 1 fully saturated rings. The molecule has 1 N–H and O–H groups in total. The van der Waals surface area contributed by atoms with Gasteiger partial charge in [-0.3, -0.25) is 4.57 Å². The second-order valence-electron chi connectivity index (χ2n) is 7.37. The van der Waals surface area contributed by atoms with Crippen LogP contribution in [0.3, 0.4) is 0 Å². The largest absolute Gasteiger partial charge is 0.334 e. The molecule has 0 atom stereocenters. The minimum atomic E-state index is -0.273. The highest BCUT2D eigenvalue weighted by Gasteiger charge is 2.24. The van der Waals surface area contributed by atoms with Gasteiger partial charge in [0.2, 0.25) is 0 Å². The van der Waals surface area contributed by atoms with E-state index >= 15 is 0 Å². The van der Waals surface area contributed by atoms with Crippen LogP contribution in [0.5, 0.6) is 0 Å². The van der Waals surface area contributed by atoms with Gasteiger partial charge in [0.1, 0.15) is 18.0 Å². The Kier molecular flexibility index (Phi) is 5.84. The number of likely N-dealkylation sites (tertiary alicyclic amines) is 1. The van der Waals surface area contributed by atoms with Crippen LogP contribution >= 0.6 is 0 Å². The quantitative estimate of drug-likeness (QED) is 0.721. The summed E-state index contributed by atoms with van der Waals surface area (Å²) >= 11 is 0. The number of nitrogens with zero attached hydrogens (tertiary/aromatic N) is 4. The van der Waals surface area contributed by atoms with E-state index in [1.165, 1.54) is 12.1 Å². The Hall–Kier alpha value is -3.22. The van der Waals surface area contributed by atoms with Crippen LogP contribution in [-0.2, 0) is 13.0 Å². The monoisotopic (exact) mass is 393 g/mol. The predicted octanol–water partition coefficient (Wildman–Crippen LogP) is 3.57. The highest BCUT2D eigenvalue weighted by atomic mass is 19.1. The summed E-state index contributed by atoms with van der Waals surface area (Å²) < 4.78 is 15.0. The van der Waals surface area contributed by atoms with Crippen molar-refractivity contribution >= 4 is 6.03 Å². The fourth-order valence-corrected chi connectivity index (χ4v) is 3.69. The number of carbonyl (C=O) groups excluding carboxylic acids is 1. The lowest BCUT2D eigenvalue weighted by Crippen LogP contribution is -2.44. The van der Waals surface area contributed by atoms with E-state index < -0.39 is 0 Å². The second kappa shape index (κ2) is 8.86. The molecule has 1 aromatic heterocycles. The normalized spacial score (nSPS) is 14.7. The summed E-state index contributed by atoms with van der Waals surface area (Å²) in [6.07, 6.45) is 4.47. The molecule has 0 unspecified atom stereocenters. The second-order valence-corrected chi connectivity index (χ2v) is 7.37. The molecule has 7 heteroatoms. The number of para-hydroxylation sites is 1. The first-order valence-electron chi connectivity index (χ1n) is 9.90. The SMILES string of the molecule is O=C(NCc1ccc(F)cc1)N1CCC(Cc2nncn2-c2ccccc2)CC1. The lowest BCUT2D eigenvalue weighted by atomic mass is 9.93. The molecule has 2 aromatic carbocycles. The number of urea groups is 1. The predicted molar refractivity (Wildman–Crippen MR) is 108 cm³/mol. The Balaban J connectivity index is 1.27. The van der Waals surface area contributed by atoms with E-state index in [4.69, 9.17) is 0 Å². The topological polar surface area (TPSA) is 63.1 Å². The fourth-order valence-electron chi connectivity index (χ4n) is 3.69. The molecule has 0 spiro atoms. The average molecular weight is 393 g/mol. The first-order chi connectivity index (χ1) is 14.2. The van der Waals surface area contributed by atoms with Crippen molar-refractivity contribution in [3.8, 4) is 5.69 Å². The number of nitrogens with one attached hydrogen (secondary N) is 1. The van der Waals surface area contributed by atoms with Gasteiger partial charge in [0.05, 0.1) is 0 Å². The molecule has 1 aliphatic heterocycles. The number of piperidine rings is 1. The number of rotatable bonds is 5. The number of benzene rings is 2. The van der Waals surface area contributed by atoms with E-state index in [2.05, 4.69) is 15.5 Å². The van der Waals surface area contributed by atoms with Gasteiger partial charge < -0.3 is 10.2 Å². The first kappa shape index (κ1) is 19.1. The highest BCUT2D eigenvalue weighted by molar-refractivity contribution is 5.74. The minimum Gasteiger partial charge on any atom is -0.334 e.